The molecule has 0 aromatic carbocycles. The highest BCUT2D eigenvalue weighted by atomic mass is 35.5. The predicted molar refractivity (Wildman–Crippen MR) is 70.1 cm³/mol. The highest BCUT2D eigenvalue weighted by Gasteiger charge is 2.37. The van der Waals surface area contributed by atoms with Crippen LogP contribution in [-0.2, 0) is 4.74 Å². The molecule has 1 amide bonds. The van der Waals surface area contributed by atoms with Crippen molar-refractivity contribution in [2.24, 2.45) is 0 Å². The largest absolute Gasteiger partial charge is 0.374 e. The molecule has 5 nitrogen and oxygen atoms in total. The summed E-state index contributed by atoms with van der Waals surface area (Å²) >= 11 is 5.69. The Bertz CT molecular complexity index is 463. The van der Waals surface area contributed by atoms with Gasteiger partial charge in [-0.25, -0.2) is 9.97 Å². The SMILES string of the molecule is O=C(c1cnc(Cl)cn1)N1CCOC2CCCCC21. The van der Waals surface area contributed by atoms with Gasteiger partial charge in [0.1, 0.15) is 10.8 Å². The third-order valence-corrected chi connectivity index (χ3v) is 4.03. The summed E-state index contributed by atoms with van der Waals surface area (Å²) in [5.74, 6) is -0.0654. The van der Waals surface area contributed by atoms with Crippen molar-refractivity contribution in [2.75, 3.05) is 13.2 Å². The molecule has 2 aliphatic rings. The van der Waals surface area contributed by atoms with E-state index in [0.717, 1.165) is 19.3 Å². The average Bonchev–Trinajstić information content (AvgIpc) is 2.47. The van der Waals surface area contributed by atoms with Crippen LogP contribution in [0.3, 0.4) is 0 Å². The van der Waals surface area contributed by atoms with Gasteiger partial charge in [0.05, 0.1) is 31.1 Å². The second kappa shape index (κ2) is 5.43. The molecular weight excluding hydrogens is 266 g/mol. The lowest BCUT2D eigenvalue weighted by molar-refractivity contribution is -0.0754. The number of rotatable bonds is 1. The first kappa shape index (κ1) is 12.8. The Morgan fingerprint density at radius 2 is 2.16 bits per heavy atom. The lowest BCUT2D eigenvalue weighted by Crippen LogP contribution is -2.55. The maximum absolute atomic E-state index is 12.5. The molecule has 1 saturated carbocycles. The second-order valence-electron chi connectivity index (χ2n) is 4.98. The average molecular weight is 282 g/mol. The standard InChI is InChI=1S/C13H16ClN3O2/c14-12-8-15-9(7-16-12)13(18)17-5-6-19-11-4-2-1-3-10(11)17/h7-8,10-11H,1-6H2. The van der Waals surface area contributed by atoms with Crippen molar-refractivity contribution in [1.82, 2.24) is 14.9 Å². The van der Waals surface area contributed by atoms with Gasteiger partial charge in [0, 0.05) is 6.54 Å². The molecule has 0 bridgehead atoms. The number of aromatic nitrogens is 2. The molecule has 1 aromatic heterocycles. The van der Waals surface area contributed by atoms with E-state index < -0.39 is 0 Å². The summed E-state index contributed by atoms with van der Waals surface area (Å²) in [4.78, 5) is 22.4. The number of halogens is 1. The molecule has 2 unspecified atom stereocenters. The molecule has 2 heterocycles. The first-order valence-electron chi connectivity index (χ1n) is 6.66. The first-order chi connectivity index (χ1) is 9.25. The van der Waals surface area contributed by atoms with Crippen LogP contribution in [0.1, 0.15) is 36.2 Å². The van der Waals surface area contributed by atoms with Gasteiger partial charge < -0.3 is 9.64 Å². The molecule has 2 fully saturated rings. The fourth-order valence-corrected chi connectivity index (χ4v) is 3.02. The van der Waals surface area contributed by atoms with Crippen molar-refractivity contribution < 1.29 is 9.53 Å². The summed E-state index contributed by atoms with van der Waals surface area (Å²) < 4.78 is 5.77. The van der Waals surface area contributed by atoms with E-state index in [9.17, 15) is 4.79 Å². The number of hydrogen-bond acceptors (Lipinski definition) is 4. The fraction of sp³-hybridized carbons (Fsp3) is 0.615. The maximum Gasteiger partial charge on any atom is 0.274 e. The van der Waals surface area contributed by atoms with Crippen LogP contribution < -0.4 is 0 Å². The number of fused-ring (bicyclic) bond motifs is 1. The van der Waals surface area contributed by atoms with E-state index in [-0.39, 0.29) is 18.1 Å². The number of carbonyl (C=O) groups is 1. The molecule has 1 aliphatic heterocycles. The quantitative estimate of drug-likeness (QED) is 0.789. The number of morpholine rings is 1. The molecule has 0 radical (unpaired) electrons. The van der Waals surface area contributed by atoms with Crippen molar-refractivity contribution in [1.29, 1.82) is 0 Å². The molecule has 1 aliphatic carbocycles. The summed E-state index contributed by atoms with van der Waals surface area (Å²) in [6.07, 6.45) is 7.43. The van der Waals surface area contributed by atoms with Crippen molar-refractivity contribution in [3.63, 3.8) is 0 Å². The van der Waals surface area contributed by atoms with Gasteiger partial charge in [0.2, 0.25) is 0 Å². The van der Waals surface area contributed by atoms with Crippen LogP contribution in [0, 0.1) is 0 Å². The van der Waals surface area contributed by atoms with E-state index in [1.54, 1.807) is 0 Å². The number of hydrogen-bond donors (Lipinski definition) is 0. The maximum atomic E-state index is 12.5. The van der Waals surface area contributed by atoms with E-state index in [0.29, 0.717) is 24.0 Å². The number of ether oxygens (including phenoxy) is 1. The Hall–Kier alpha value is -1.20. The second-order valence-corrected chi connectivity index (χ2v) is 5.37. The normalized spacial score (nSPS) is 26.9. The molecule has 3 rings (SSSR count). The van der Waals surface area contributed by atoms with Crippen molar-refractivity contribution >= 4 is 17.5 Å². The highest BCUT2D eigenvalue weighted by Crippen LogP contribution is 2.29. The van der Waals surface area contributed by atoms with Crippen LogP contribution in [0.25, 0.3) is 0 Å². The van der Waals surface area contributed by atoms with Gasteiger partial charge in [-0.05, 0) is 12.8 Å². The molecule has 2 atom stereocenters. The van der Waals surface area contributed by atoms with Gasteiger partial charge in [-0.15, -0.1) is 0 Å². The van der Waals surface area contributed by atoms with Gasteiger partial charge >= 0.3 is 0 Å². The van der Waals surface area contributed by atoms with E-state index in [2.05, 4.69) is 9.97 Å². The topological polar surface area (TPSA) is 55.3 Å². The lowest BCUT2D eigenvalue weighted by Gasteiger charge is -2.43. The van der Waals surface area contributed by atoms with Crippen LogP contribution in [0.5, 0.6) is 0 Å². The monoisotopic (exact) mass is 281 g/mol. The van der Waals surface area contributed by atoms with Crippen LogP contribution in [0.4, 0.5) is 0 Å². The minimum Gasteiger partial charge on any atom is -0.374 e. The molecule has 0 spiro atoms. The van der Waals surface area contributed by atoms with Crippen molar-refractivity contribution in [3.05, 3.63) is 23.2 Å². The van der Waals surface area contributed by atoms with Gasteiger partial charge in [-0.2, -0.15) is 0 Å². The summed E-state index contributed by atoms with van der Waals surface area (Å²) in [6, 6.07) is 0.187. The smallest absolute Gasteiger partial charge is 0.274 e. The highest BCUT2D eigenvalue weighted by molar-refractivity contribution is 6.29. The molecule has 102 valence electrons. The zero-order chi connectivity index (χ0) is 13.2. The van der Waals surface area contributed by atoms with Gasteiger partial charge in [0.15, 0.2) is 0 Å². The Balaban J connectivity index is 1.79. The predicted octanol–water partition coefficient (Wildman–Crippen LogP) is 1.91. The fourth-order valence-electron chi connectivity index (χ4n) is 2.92. The third kappa shape index (κ3) is 2.58. The van der Waals surface area contributed by atoms with Gasteiger partial charge in [0.25, 0.3) is 5.91 Å². The zero-order valence-corrected chi connectivity index (χ0v) is 11.3. The molecule has 0 N–H and O–H groups in total. The third-order valence-electron chi connectivity index (χ3n) is 3.83. The van der Waals surface area contributed by atoms with Crippen molar-refractivity contribution in [2.45, 2.75) is 37.8 Å². The van der Waals surface area contributed by atoms with Gasteiger partial charge in [-0.1, -0.05) is 24.4 Å². The summed E-state index contributed by atoms with van der Waals surface area (Å²) in [6.45, 7) is 1.23. The van der Waals surface area contributed by atoms with Crippen LogP contribution in [0.15, 0.2) is 12.4 Å². The number of amides is 1. The lowest BCUT2D eigenvalue weighted by atomic mass is 9.90. The molecule has 1 saturated heterocycles. The Kier molecular flexibility index (Phi) is 3.66. The molecule has 6 heteroatoms. The Morgan fingerprint density at radius 3 is 2.95 bits per heavy atom. The number of nitrogens with zero attached hydrogens (tertiary/aromatic N) is 3. The Morgan fingerprint density at radius 1 is 1.32 bits per heavy atom. The minimum absolute atomic E-state index is 0.0654. The van der Waals surface area contributed by atoms with E-state index >= 15 is 0 Å². The minimum atomic E-state index is -0.0654. The first-order valence-corrected chi connectivity index (χ1v) is 7.03. The van der Waals surface area contributed by atoms with E-state index in [1.807, 2.05) is 4.90 Å². The number of carbonyl (C=O) groups excluding carboxylic acids is 1. The summed E-state index contributed by atoms with van der Waals surface area (Å²) in [7, 11) is 0. The van der Waals surface area contributed by atoms with Crippen LogP contribution in [0.2, 0.25) is 5.15 Å². The molecule has 1 aromatic rings. The van der Waals surface area contributed by atoms with Crippen molar-refractivity contribution in [3.8, 4) is 0 Å². The zero-order valence-electron chi connectivity index (χ0n) is 10.6. The van der Waals surface area contributed by atoms with Gasteiger partial charge in [-0.3, -0.25) is 4.79 Å². The van der Waals surface area contributed by atoms with Crippen LogP contribution >= 0.6 is 11.6 Å². The van der Waals surface area contributed by atoms with Crippen LogP contribution in [-0.4, -0.2) is 46.1 Å². The summed E-state index contributed by atoms with van der Waals surface area (Å²) in [5, 5.41) is 0.300. The van der Waals surface area contributed by atoms with E-state index in [1.165, 1.54) is 18.8 Å². The van der Waals surface area contributed by atoms with E-state index in [4.69, 9.17) is 16.3 Å². The molecular formula is C13H16ClN3O2. The summed E-state index contributed by atoms with van der Waals surface area (Å²) in [5.41, 5.74) is 0.357. The molecule has 19 heavy (non-hydrogen) atoms. The Labute approximate surface area is 116 Å².